The third-order valence-electron chi connectivity index (χ3n) is 4.15. The lowest BCUT2D eigenvalue weighted by Crippen LogP contribution is -2.28. The summed E-state index contributed by atoms with van der Waals surface area (Å²) in [6.45, 7) is 3.59. The third kappa shape index (κ3) is 2.98. The molecular weight excluding hydrogens is 284 g/mol. The number of nitrogens with zero attached hydrogens (tertiary/aromatic N) is 3. The second-order valence-electron chi connectivity index (χ2n) is 5.63. The van der Waals surface area contributed by atoms with Crippen LogP contribution in [0.25, 0.3) is 0 Å². The highest BCUT2D eigenvalue weighted by molar-refractivity contribution is 5.76. The summed E-state index contributed by atoms with van der Waals surface area (Å²) in [6, 6.07) is 1.72. The van der Waals surface area contributed by atoms with E-state index in [0.717, 1.165) is 30.8 Å². The number of aryl methyl sites for hydroxylation is 2. The molecule has 0 radical (unpaired) electrons. The maximum Gasteiger partial charge on any atom is 0.254 e. The van der Waals surface area contributed by atoms with Gasteiger partial charge >= 0.3 is 0 Å². The van der Waals surface area contributed by atoms with Gasteiger partial charge in [-0.2, -0.15) is 5.10 Å². The molecule has 7 nitrogen and oxygen atoms in total. The Labute approximate surface area is 128 Å². The van der Waals surface area contributed by atoms with Gasteiger partial charge in [0.1, 0.15) is 5.76 Å². The third-order valence-corrected chi connectivity index (χ3v) is 4.15. The Balaban J connectivity index is 1.52. The molecule has 1 aliphatic rings. The van der Waals surface area contributed by atoms with Crippen LogP contribution in [0.2, 0.25) is 0 Å². The molecule has 3 heterocycles. The monoisotopic (exact) mass is 304 g/mol. The van der Waals surface area contributed by atoms with Crippen molar-refractivity contribution in [1.82, 2.24) is 20.3 Å². The van der Waals surface area contributed by atoms with Gasteiger partial charge in [-0.1, -0.05) is 0 Å². The fourth-order valence-corrected chi connectivity index (χ4v) is 2.89. The van der Waals surface area contributed by atoms with Crippen LogP contribution in [0.1, 0.15) is 35.8 Å². The van der Waals surface area contributed by atoms with E-state index in [9.17, 15) is 4.79 Å². The fraction of sp³-hybridized carbons (Fsp3) is 0.533. The van der Waals surface area contributed by atoms with Gasteiger partial charge in [0.15, 0.2) is 0 Å². The van der Waals surface area contributed by atoms with E-state index in [-0.39, 0.29) is 5.91 Å². The molecule has 0 saturated carbocycles. The minimum Gasteiger partial charge on any atom is -0.479 e. The van der Waals surface area contributed by atoms with Crippen molar-refractivity contribution in [3.8, 4) is 5.88 Å². The molecule has 2 aromatic rings. The van der Waals surface area contributed by atoms with Crippen LogP contribution < -0.4 is 4.74 Å². The van der Waals surface area contributed by atoms with Gasteiger partial charge in [-0.3, -0.25) is 9.89 Å². The van der Waals surface area contributed by atoms with Crippen LogP contribution in [0.3, 0.4) is 0 Å². The molecule has 0 bridgehead atoms. The Bertz CT molecular complexity index is 649. The molecule has 1 atom stereocenters. The lowest BCUT2D eigenvalue weighted by atomic mass is 10.0. The van der Waals surface area contributed by atoms with Crippen molar-refractivity contribution >= 4 is 5.91 Å². The maximum absolute atomic E-state index is 12.3. The predicted molar refractivity (Wildman–Crippen MR) is 78.6 cm³/mol. The summed E-state index contributed by atoms with van der Waals surface area (Å²) in [5, 5.41) is 10.8. The lowest BCUT2D eigenvalue weighted by molar-refractivity contribution is -0.130. The zero-order valence-corrected chi connectivity index (χ0v) is 12.8. The number of likely N-dealkylation sites (tertiary alicyclic amines) is 1. The minimum atomic E-state index is 0.148. The normalized spacial score (nSPS) is 17.9. The van der Waals surface area contributed by atoms with Gasteiger partial charge in [0.2, 0.25) is 5.91 Å². The van der Waals surface area contributed by atoms with E-state index in [1.807, 2.05) is 18.0 Å². The summed E-state index contributed by atoms with van der Waals surface area (Å²) < 4.78 is 10.1. The number of carbonyl (C=O) groups is 1. The fourth-order valence-electron chi connectivity index (χ4n) is 2.89. The van der Waals surface area contributed by atoms with Crippen molar-refractivity contribution < 1.29 is 14.1 Å². The van der Waals surface area contributed by atoms with E-state index < -0.39 is 0 Å². The van der Waals surface area contributed by atoms with E-state index in [2.05, 4.69) is 15.4 Å². The first kappa shape index (κ1) is 14.6. The average molecular weight is 304 g/mol. The number of carbonyl (C=O) groups excluding carboxylic acids is 1. The quantitative estimate of drug-likeness (QED) is 0.908. The van der Waals surface area contributed by atoms with E-state index >= 15 is 0 Å². The summed E-state index contributed by atoms with van der Waals surface area (Å²) in [7, 11) is 1.54. The number of aromatic amines is 1. The molecule has 1 fully saturated rings. The minimum absolute atomic E-state index is 0.148. The molecule has 2 aromatic heterocycles. The van der Waals surface area contributed by atoms with Crippen LogP contribution in [0.5, 0.6) is 5.88 Å². The SMILES string of the molecule is COc1cc(CCC(=O)N2CCC(c3[nH]ncc3C)C2)on1. The largest absolute Gasteiger partial charge is 0.479 e. The highest BCUT2D eigenvalue weighted by Crippen LogP contribution is 2.28. The Kier molecular flexibility index (Phi) is 4.13. The average Bonchev–Trinajstić information content (AvgIpc) is 3.24. The Hall–Kier alpha value is -2.31. The van der Waals surface area contributed by atoms with Gasteiger partial charge in [-0.25, -0.2) is 0 Å². The summed E-state index contributed by atoms with van der Waals surface area (Å²) in [5.41, 5.74) is 2.31. The number of rotatable bonds is 5. The number of hydrogen-bond donors (Lipinski definition) is 1. The van der Waals surface area contributed by atoms with Gasteiger partial charge in [0, 0.05) is 43.6 Å². The molecule has 1 amide bonds. The van der Waals surface area contributed by atoms with Crippen LogP contribution in [0, 0.1) is 6.92 Å². The molecule has 0 aromatic carbocycles. The molecule has 118 valence electrons. The Morgan fingerprint density at radius 1 is 1.59 bits per heavy atom. The van der Waals surface area contributed by atoms with Gasteiger partial charge in [-0.05, 0) is 24.1 Å². The van der Waals surface area contributed by atoms with Crippen molar-refractivity contribution in [2.75, 3.05) is 20.2 Å². The van der Waals surface area contributed by atoms with Gasteiger partial charge < -0.3 is 14.2 Å². The van der Waals surface area contributed by atoms with E-state index in [1.165, 1.54) is 7.11 Å². The van der Waals surface area contributed by atoms with Crippen LogP contribution in [0.4, 0.5) is 0 Å². The molecule has 1 unspecified atom stereocenters. The Morgan fingerprint density at radius 2 is 2.45 bits per heavy atom. The first-order chi connectivity index (χ1) is 10.7. The van der Waals surface area contributed by atoms with Crippen LogP contribution in [-0.4, -0.2) is 46.4 Å². The summed E-state index contributed by atoms with van der Waals surface area (Å²) in [4.78, 5) is 14.2. The van der Waals surface area contributed by atoms with Crippen molar-refractivity contribution in [3.63, 3.8) is 0 Å². The van der Waals surface area contributed by atoms with Crippen LogP contribution in [-0.2, 0) is 11.2 Å². The van der Waals surface area contributed by atoms with Crippen molar-refractivity contribution in [3.05, 3.63) is 29.3 Å². The van der Waals surface area contributed by atoms with Gasteiger partial charge in [-0.15, -0.1) is 0 Å². The molecule has 1 N–H and O–H groups in total. The smallest absolute Gasteiger partial charge is 0.254 e. The van der Waals surface area contributed by atoms with Crippen LogP contribution >= 0.6 is 0 Å². The predicted octanol–water partition coefficient (Wildman–Crippen LogP) is 1.66. The Morgan fingerprint density at radius 3 is 3.14 bits per heavy atom. The number of aromatic nitrogens is 3. The summed E-state index contributed by atoms with van der Waals surface area (Å²) in [6.07, 6.45) is 3.77. The lowest BCUT2D eigenvalue weighted by Gasteiger charge is -2.16. The zero-order chi connectivity index (χ0) is 15.5. The molecule has 3 rings (SSSR count). The molecule has 1 aliphatic heterocycles. The number of amides is 1. The second-order valence-corrected chi connectivity index (χ2v) is 5.63. The molecular formula is C15H20N4O3. The zero-order valence-electron chi connectivity index (χ0n) is 12.8. The number of H-pyrrole nitrogens is 1. The number of nitrogens with one attached hydrogen (secondary N) is 1. The van der Waals surface area contributed by atoms with Crippen molar-refractivity contribution in [2.24, 2.45) is 0 Å². The summed E-state index contributed by atoms with van der Waals surface area (Å²) >= 11 is 0. The van der Waals surface area contributed by atoms with Crippen molar-refractivity contribution in [2.45, 2.75) is 32.1 Å². The first-order valence-electron chi connectivity index (χ1n) is 7.44. The van der Waals surface area contributed by atoms with Gasteiger partial charge in [0.25, 0.3) is 5.88 Å². The number of methoxy groups -OCH3 is 1. The van der Waals surface area contributed by atoms with Crippen LogP contribution in [0.15, 0.2) is 16.8 Å². The van der Waals surface area contributed by atoms with E-state index in [4.69, 9.17) is 9.26 Å². The number of hydrogen-bond acceptors (Lipinski definition) is 5. The highest BCUT2D eigenvalue weighted by Gasteiger charge is 2.29. The van der Waals surface area contributed by atoms with E-state index in [1.54, 1.807) is 6.07 Å². The summed E-state index contributed by atoms with van der Waals surface area (Å²) in [5.74, 6) is 1.62. The number of ether oxygens (including phenoxy) is 1. The van der Waals surface area contributed by atoms with E-state index in [0.29, 0.717) is 30.4 Å². The van der Waals surface area contributed by atoms with Crippen molar-refractivity contribution in [1.29, 1.82) is 0 Å². The molecule has 0 spiro atoms. The van der Waals surface area contributed by atoms with Gasteiger partial charge in [0.05, 0.1) is 13.3 Å². The molecule has 7 heteroatoms. The molecule has 22 heavy (non-hydrogen) atoms. The highest BCUT2D eigenvalue weighted by atomic mass is 16.5. The topological polar surface area (TPSA) is 84.2 Å². The second kappa shape index (κ2) is 6.21. The standard InChI is InChI=1S/C15H20N4O3/c1-10-8-16-17-15(10)11-5-6-19(9-11)14(20)4-3-12-7-13(21-2)18-22-12/h7-8,11H,3-6,9H2,1-2H3,(H,16,17). The first-order valence-corrected chi connectivity index (χ1v) is 7.44. The maximum atomic E-state index is 12.3. The molecule has 0 aliphatic carbocycles. The molecule has 1 saturated heterocycles.